The van der Waals surface area contributed by atoms with Gasteiger partial charge in [-0.2, -0.15) is 0 Å². The molecular weight excluding hydrogens is 252 g/mol. The van der Waals surface area contributed by atoms with Gasteiger partial charge >= 0.3 is 11.9 Å². The first-order valence-electron chi connectivity index (χ1n) is 5.84. The zero-order valence-electron chi connectivity index (χ0n) is 11.0. The Kier molecular flexibility index (Phi) is 5.11. The van der Waals surface area contributed by atoms with Crippen LogP contribution in [0.4, 0.5) is 0 Å². The van der Waals surface area contributed by atoms with Crippen LogP contribution in [0.15, 0.2) is 23.2 Å². The number of rotatable bonds is 4. The Morgan fingerprint density at radius 3 is 2.05 bits per heavy atom. The van der Waals surface area contributed by atoms with E-state index in [2.05, 4.69) is 10.6 Å². The second-order valence-electron chi connectivity index (χ2n) is 3.63. The van der Waals surface area contributed by atoms with Crippen molar-refractivity contribution in [2.45, 2.75) is 20.8 Å². The van der Waals surface area contributed by atoms with Crippen LogP contribution in [0.25, 0.3) is 0 Å². The number of esters is 2. The predicted molar refractivity (Wildman–Crippen MR) is 65.3 cm³/mol. The molecule has 0 fully saturated rings. The normalized spacial score (nSPS) is 13.9. The van der Waals surface area contributed by atoms with E-state index in [9.17, 15) is 14.4 Å². The molecular formula is C12H16N2O5. The summed E-state index contributed by atoms with van der Waals surface area (Å²) in [5.74, 6) is -2.16. The average Bonchev–Trinajstić information content (AvgIpc) is 2.28. The molecule has 0 aromatic heterocycles. The first-order chi connectivity index (χ1) is 8.99. The summed E-state index contributed by atoms with van der Waals surface area (Å²) in [4.78, 5) is 34.9. The molecule has 7 nitrogen and oxygen atoms in total. The molecule has 0 bridgehead atoms. The fraction of sp³-hybridized carbons (Fsp3) is 0.417. The lowest BCUT2D eigenvalue weighted by Gasteiger charge is -2.19. The average molecular weight is 268 g/mol. The smallest absolute Gasteiger partial charge is 0.349 e. The lowest BCUT2D eigenvalue weighted by atomic mass is 10.2. The van der Waals surface area contributed by atoms with Crippen molar-refractivity contribution >= 4 is 17.8 Å². The van der Waals surface area contributed by atoms with E-state index in [0.717, 1.165) is 0 Å². The molecule has 1 amide bonds. The molecule has 0 aromatic rings. The Balaban J connectivity index is 3.14. The van der Waals surface area contributed by atoms with E-state index >= 15 is 0 Å². The van der Waals surface area contributed by atoms with Gasteiger partial charge in [-0.15, -0.1) is 0 Å². The first kappa shape index (κ1) is 14.7. The van der Waals surface area contributed by atoms with Crippen molar-refractivity contribution in [3.05, 3.63) is 23.2 Å². The van der Waals surface area contributed by atoms with Crippen LogP contribution in [0.1, 0.15) is 20.8 Å². The van der Waals surface area contributed by atoms with Crippen molar-refractivity contribution in [2.24, 2.45) is 0 Å². The van der Waals surface area contributed by atoms with E-state index in [4.69, 9.17) is 9.47 Å². The number of carbonyl (C=O) groups is 3. The molecule has 1 aliphatic rings. The topological polar surface area (TPSA) is 93.7 Å². The summed E-state index contributed by atoms with van der Waals surface area (Å²) in [6.07, 6.45) is 1.30. The monoisotopic (exact) mass is 268 g/mol. The van der Waals surface area contributed by atoms with E-state index in [-0.39, 0.29) is 24.6 Å². The van der Waals surface area contributed by atoms with Gasteiger partial charge in [0.25, 0.3) is 5.91 Å². The van der Waals surface area contributed by atoms with E-state index in [1.165, 1.54) is 6.08 Å². The number of hydrogen-bond donors (Lipinski definition) is 2. The molecule has 0 spiro atoms. The maximum Gasteiger partial charge on any atom is 0.349 e. The van der Waals surface area contributed by atoms with E-state index in [1.54, 1.807) is 20.8 Å². The molecule has 0 unspecified atom stereocenters. The molecule has 19 heavy (non-hydrogen) atoms. The second-order valence-corrected chi connectivity index (χ2v) is 3.63. The summed E-state index contributed by atoms with van der Waals surface area (Å²) in [6.45, 7) is 5.08. The number of carbonyl (C=O) groups excluding carboxylic acids is 3. The Labute approximate surface area is 110 Å². The van der Waals surface area contributed by atoms with Crippen LogP contribution in [-0.2, 0) is 23.9 Å². The van der Waals surface area contributed by atoms with Crippen molar-refractivity contribution in [1.29, 1.82) is 0 Å². The summed E-state index contributed by atoms with van der Waals surface area (Å²) in [5.41, 5.74) is 0.148. The highest BCUT2D eigenvalue weighted by molar-refractivity contribution is 6.15. The highest BCUT2D eigenvalue weighted by Gasteiger charge is 2.28. The van der Waals surface area contributed by atoms with Crippen molar-refractivity contribution in [3.63, 3.8) is 0 Å². The zero-order valence-corrected chi connectivity index (χ0v) is 11.0. The molecule has 7 heteroatoms. The van der Waals surface area contributed by atoms with Crippen LogP contribution in [0.3, 0.4) is 0 Å². The summed E-state index contributed by atoms with van der Waals surface area (Å²) in [7, 11) is 0. The third-order valence-corrected chi connectivity index (χ3v) is 2.13. The van der Waals surface area contributed by atoms with Crippen LogP contribution >= 0.6 is 0 Å². The highest BCUT2D eigenvalue weighted by Crippen LogP contribution is 2.10. The minimum Gasteiger partial charge on any atom is -0.462 e. The van der Waals surface area contributed by atoms with Crippen molar-refractivity contribution < 1.29 is 23.9 Å². The molecule has 0 saturated carbocycles. The van der Waals surface area contributed by atoms with E-state index in [0.29, 0.717) is 5.70 Å². The maximum absolute atomic E-state index is 11.8. The van der Waals surface area contributed by atoms with Gasteiger partial charge in [0.2, 0.25) is 0 Å². The molecule has 2 N–H and O–H groups in total. The van der Waals surface area contributed by atoms with Gasteiger partial charge in [0.15, 0.2) is 5.57 Å². The summed E-state index contributed by atoms with van der Waals surface area (Å²) >= 11 is 0. The van der Waals surface area contributed by atoms with Crippen LogP contribution in [0.5, 0.6) is 0 Å². The highest BCUT2D eigenvalue weighted by atomic mass is 16.6. The fourth-order valence-corrected chi connectivity index (χ4v) is 1.44. The Morgan fingerprint density at radius 2 is 1.63 bits per heavy atom. The SMILES string of the molecule is CCOC(=O)C(C(=O)OCC)=C1NC(=O)C=C(C)N1. The lowest BCUT2D eigenvalue weighted by Crippen LogP contribution is -2.39. The van der Waals surface area contributed by atoms with Gasteiger partial charge in [-0.3, -0.25) is 4.79 Å². The summed E-state index contributed by atoms with van der Waals surface area (Å²) < 4.78 is 9.57. The Bertz CT molecular complexity index is 445. The van der Waals surface area contributed by atoms with E-state index < -0.39 is 17.8 Å². The molecule has 0 saturated heterocycles. The molecule has 0 radical (unpaired) electrons. The first-order valence-corrected chi connectivity index (χ1v) is 5.84. The summed E-state index contributed by atoms with van der Waals surface area (Å²) in [6, 6.07) is 0. The molecule has 1 heterocycles. The number of hydrogen-bond acceptors (Lipinski definition) is 6. The van der Waals surface area contributed by atoms with Gasteiger partial charge in [-0.1, -0.05) is 0 Å². The number of amides is 1. The lowest BCUT2D eigenvalue weighted by molar-refractivity contribution is -0.146. The molecule has 1 rings (SSSR count). The minimum atomic E-state index is -0.849. The maximum atomic E-state index is 11.8. The third kappa shape index (κ3) is 3.84. The Morgan fingerprint density at radius 1 is 1.11 bits per heavy atom. The fourth-order valence-electron chi connectivity index (χ4n) is 1.44. The quantitative estimate of drug-likeness (QED) is 0.321. The molecule has 1 aliphatic heterocycles. The van der Waals surface area contributed by atoms with Crippen LogP contribution in [-0.4, -0.2) is 31.1 Å². The largest absolute Gasteiger partial charge is 0.462 e. The molecule has 0 atom stereocenters. The van der Waals surface area contributed by atoms with Gasteiger partial charge in [0.05, 0.1) is 13.2 Å². The minimum absolute atomic E-state index is 0.0260. The summed E-state index contributed by atoms with van der Waals surface area (Å²) in [5, 5.41) is 5.11. The van der Waals surface area contributed by atoms with Crippen LogP contribution < -0.4 is 10.6 Å². The molecule has 104 valence electrons. The van der Waals surface area contributed by atoms with Gasteiger partial charge in [0.1, 0.15) is 5.82 Å². The van der Waals surface area contributed by atoms with Gasteiger partial charge in [-0.05, 0) is 20.8 Å². The molecule has 0 aromatic carbocycles. The van der Waals surface area contributed by atoms with Crippen molar-refractivity contribution in [1.82, 2.24) is 10.6 Å². The standard InChI is InChI=1S/C12H16N2O5/c1-4-18-11(16)9(12(17)19-5-2)10-13-7(3)6-8(15)14-10/h6,13H,4-5H2,1-3H3,(H,14,15). The number of nitrogens with one attached hydrogen (secondary N) is 2. The van der Waals surface area contributed by atoms with Gasteiger partial charge < -0.3 is 20.1 Å². The molecule has 0 aliphatic carbocycles. The van der Waals surface area contributed by atoms with Crippen molar-refractivity contribution in [3.8, 4) is 0 Å². The number of allylic oxidation sites excluding steroid dienone is 1. The van der Waals surface area contributed by atoms with E-state index in [1.807, 2.05) is 0 Å². The second kappa shape index (κ2) is 6.58. The zero-order chi connectivity index (χ0) is 14.4. The van der Waals surface area contributed by atoms with Gasteiger partial charge in [0, 0.05) is 11.8 Å². The Hall–Kier alpha value is -2.31. The predicted octanol–water partition coefficient (Wildman–Crippen LogP) is -0.0526. The van der Waals surface area contributed by atoms with Crippen LogP contribution in [0, 0.1) is 0 Å². The number of ether oxygens (including phenoxy) is 2. The van der Waals surface area contributed by atoms with Gasteiger partial charge in [-0.25, -0.2) is 9.59 Å². The van der Waals surface area contributed by atoms with Crippen LogP contribution in [0.2, 0.25) is 0 Å². The van der Waals surface area contributed by atoms with Crippen molar-refractivity contribution in [2.75, 3.05) is 13.2 Å². The third-order valence-electron chi connectivity index (χ3n) is 2.13.